The lowest BCUT2D eigenvalue weighted by Gasteiger charge is -2.18. The van der Waals surface area contributed by atoms with E-state index in [1.807, 2.05) is 12.4 Å². The van der Waals surface area contributed by atoms with Crippen molar-refractivity contribution in [1.82, 2.24) is 10.3 Å². The van der Waals surface area contributed by atoms with Crippen molar-refractivity contribution in [1.29, 1.82) is 0 Å². The maximum atomic E-state index is 4.19. The Balaban J connectivity index is 1.72. The first-order valence-electron chi connectivity index (χ1n) is 7.19. The summed E-state index contributed by atoms with van der Waals surface area (Å²) in [6.07, 6.45) is 7.75. The first kappa shape index (κ1) is 12.6. The van der Waals surface area contributed by atoms with Crippen LogP contribution >= 0.6 is 0 Å². The van der Waals surface area contributed by atoms with Gasteiger partial charge in [-0.05, 0) is 41.7 Å². The number of pyridine rings is 1. The van der Waals surface area contributed by atoms with E-state index in [0.717, 1.165) is 6.54 Å². The Labute approximate surface area is 115 Å². The van der Waals surface area contributed by atoms with Crippen molar-refractivity contribution in [3.05, 3.63) is 42.2 Å². The minimum absolute atomic E-state index is 0.514. The van der Waals surface area contributed by atoms with Gasteiger partial charge in [0.1, 0.15) is 0 Å². The molecule has 0 saturated heterocycles. The van der Waals surface area contributed by atoms with Gasteiger partial charge in [-0.1, -0.05) is 32.0 Å². The first-order chi connectivity index (χ1) is 9.14. The summed E-state index contributed by atoms with van der Waals surface area (Å²) in [5.41, 5.74) is 1.89. The second-order valence-corrected chi connectivity index (χ2v) is 6.50. The molecular formula is C17H22N2. The van der Waals surface area contributed by atoms with Crippen LogP contribution in [0, 0.1) is 5.41 Å². The molecule has 1 aliphatic rings. The number of nitrogens with zero attached hydrogens (tertiary/aromatic N) is 1. The molecule has 1 aliphatic carbocycles. The molecule has 0 spiro atoms. The van der Waals surface area contributed by atoms with Gasteiger partial charge in [-0.3, -0.25) is 4.98 Å². The number of rotatable bonds is 3. The Morgan fingerprint density at radius 2 is 2.21 bits per heavy atom. The van der Waals surface area contributed by atoms with Crippen LogP contribution in [-0.2, 0) is 6.54 Å². The molecule has 1 saturated carbocycles. The van der Waals surface area contributed by atoms with Crippen molar-refractivity contribution in [3.8, 4) is 0 Å². The highest BCUT2D eigenvalue weighted by molar-refractivity contribution is 5.84. The standard InChI is InChI=1S/C17H22N2/c1-17(2)8-6-15(10-17)19-12-14-5-3-4-13-11-18-9-7-16(13)14/h3-5,7,9,11,15,19H,6,8,10,12H2,1-2H3. The molecule has 0 amide bonds. The van der Waals surface area contributed by atoms with Gasteiger partial charge in [0.15, 0.2) is 0 Å². The molecule has 2 aromatic rings. The van der Waals surface area contributed by atoms with E-state index in [1.54, 1.807) is 0 Å². The summed E-state index contributed by atoms with van der Waals surface area (Å²) < 4.78 is 0. The van der Waals surface area contributed by atoms with Gasteiger partial charge in [0, 0.05) is 30.4 Å². The van der Waals surface area contributed by atoms with Gasteiger partial charge in [-0.25, -0.2) is 0 Å². The first-order valence-corrected chi connectivity index (χ1v) is 7.19. The van der Waals surface area contributed by atoms with Crippen molar-refractivity contribution < 1.29 is 0 Å². The monoisotopic (exact) mass is 254 g/mol. The molecule has 1 heterocycles. The Morgan fingerprint density at radius 1 is 1.32 bits per heavy atom. The highest BCUT2D eigenvalue weighted by Crippen LogP contribution is 2.37. The normalized spacial score (nSPS) is 21.9. The van der Waals surface area contributed by atoms with Crippen LogP contribution in [0.15, 0.2) is 36.7 Å². The number of benzene rings is 1. The lowest BCUT2D eigenvalue weighted by atomic mass is 9.92. The zero-order chi connectivity index (χ0) is 13.3. The number of hydrogen-bond acceptors (Lipinski definition) is 2. The minimum atomic E-state index is 0.514. The zero-order valence-corrected chi connectivity index (χ0v) is 11.8. The fraction of sp³-hybridized carbons (Fsp3) is 0.471. The van der Waals surface area contributed by atoms with Crippen LogP contribution < -0.4 is 5.32 Å². The Kier molecular flexibility index (Phi) is 3.28. The van der Waals surface area contributed by atoms with Gasteiger partial charge in [0.25, 0.3) is 0 Å². The summed E-state index contributed by atoms with van der Waals surface area (Å²) >= 11 is 0. The van der Waals surface area contributed by atoms with Crippen molar-refractivity contribution in [2.24, 2.45) is 5.41 Å². The molecule has 2 nitrogen and oxygen atoms in total. The fourth-order valence-electron chi connectivity index (χ4n) is 3.21. The maximum absolute atomic E-state index is 4.19. The van der Waals surface area contributed by atoms with Gasteiger partial charge < -0.3 is 5.32 Å². The third-order valence-corrected chi connectivity index (χ3v) is 4.32. The van der Waals surface area contributed by atoms with Gasteiger partial charge >= 0.3 is 0 Å². The average molecular weight is 254 g/mol. The molecule has 1 unspecified atom stereocenters. The second-order valence-electron chi connectivity index (χ2n) is 6.50. The summed E-state index contributed by atoms with van der Waals surface area (Å²) in [5.74, 6) is 0. The van der Waals surface area contributed by atoms with Crippen molar-refractivity contribution in [3.63, 3.8) is 0 Å². The third kappa shape index (κ3) is 2.79. The van der Waals surface area contributed by atoms with Crippen LogP contribution in [0.2, 0.25) is 0 Å². The molecule has 1 N–H and O–H groups in total. The summed E-state index contributed by atoms with van der Waals surface area (Å²) in [4.78, 5) is 4.19. The SMILES string of the molecule is CC1(C)CCC(NCc2cccc3cnccc23)C1. The molecule has 19 heavy (non-hydrogen) atoms. The molecule has 0 radical (unpaired) electrons. The maximum Gasteiger partial charge on any atom is 0.0346 e. The van der Waals surface area contributed by atoms with E-state index in [9.17, 15) is 0 Å². The molecule has 1 aromatic heterocycles. The summed E-state index contributed by atoms with van der Waals surface area (Å²) in [5, 5.41) is 6.28. The van der Waals surface area contributed by atoms with E-state index in [1.165, 1.54) is 35.6 Å². The molecule has 0 bridgehead atoms. The number of nitrogens with one attached hydrogen (secondary N) is 1. The smallest absolute Gasteiger partial charge is 0.0346 e. The number of hydrogen-bond donors (Lipinski definition) is 1. The van der Waals surface area contributed by atoms with E-state index in [2.05, 4.69) is 48.4 Å². The van der Waals surface area contributed by atoms with Crippen LogP contribution in [0.3, 0.4) is 0 Å². The average Bonchev–Trinajstić information content (AvgIpc) is 2.76. The summed E-state index contributed by atoms with van der Waals surface area (Å²) in [6, 6.07) is 9.26. The van der Waals surface area contributed by atoms with Crippen LogP contribution in [0.1, 0.15) is 38.7 Å². The molecular weight excluding hydrogens is 232 g/mol. The van der Waals surface area contributed by atoms with Crippen LogP contribution in [-0.4, -0.2) is 11.0 Å². The summed E-state index contributed by atoms with van der Waals surface area (Å²) in [6.45, 7) is 5.71. The predicted octanol–water partition coefficient (Wildman–Crippen LogP) is 3.90. The predicted molar refractivity (Wildman–Crippen MR) is 80.0 cm³/mol. The lowest BCUT2D eigenvalue weighted by molar-refractivity contribution is 0.364. The molecule has 100 valence electrons. The number of fused-ring (bicyclic) bond motifs is 1. The molecule has 3 rings (SSSR count). The van der Waals surface area contributed by atoms with E-state index in [0.29, 0.717) is 11.5 Å². The van der Waals surface area contributed by atoms with Crippen molar-refractivity contribution in [2.45, 2.75) is 45.7 Å². The lowest BCUT2D eigenvalue weighted by Crippen LogP contribution is -2.26. The third-order valence-electron chi connectivity index (χ3n) is 4.32. The summed E-state index contributed by atoms with van der Waals surface area (Å²) in [7, 11) is 0. The molecule has 1 fully saturated rings. The highest BCUT2D eigenvalue weighted by atomic mass is 14.9. The molecule has 1 aromatic carbocycles. The molecule has 0 aliphatic heterocycles. The van der Waals surface area contributed by atoms with E-state index in [4.69, 9.17) is 0 Å². The Morgan fingerprint density at radius 3 is 3.00 bits per heavy atom. The van der Waals surface area contributed by atoms with Gasteiger partial charge in [-0.15, -0.1) is 0 Å². The topological polar surface area (TPSA) is 24.9 Å². The van der Waals surface area contributed by atoms with Gasteiger partial charge in [0.05, 0.1) is 0 Å². The van der Waals surface area contributed by atoms with E-state index in [-0.39, 0.29) is 0 Å². The zero-order valence-electron chi connectivity index (χ0n) is 11.8. The van der Waals surface area contributed by atoms with Crippen LogP contribution in [0.4, 0.5) is 0 Å². The van der Waals surface area contributed by atoms with Crippen molar-refractivity contribution in [2.75, 3.05) is 0 Å². The second kappa shape index (κ2) is 4.93. The Hall–Kier alpha value is -1.41. The Bertz CT molecular complexity index is 569. The van der Waals surface area contributed by atoms with Gasteiger partial charge in [0.2, 0.25) is 0 Å². The van der Waals surface area contributed by atoms with Crippen LogP contribution in [0.25, 0.3) is 10.8 Å². The minimum Gasteiger partial charge on any atom is -0.310 e. The van der Waals surface area contributed by atoms with Gasteiger partial charge in [-0.2, -0.15) is 0 Å². The quantitative estimate of drug-likeness (QED) is 0.898. The van der Waals surface area contributed by atoms with Crippen molar-refractivity contribution >= 4 is 10.8 Å². The van der Waals surface area contributed by atoms with E-state index < -0.39 is 0 Å². The van der Waals surface area contributed by atoms with E-state index >= 15 is 0 Å². The largest absolute Gasteiger partial charge is 0.310 e. The molecule has 1 atom stereocenters. The van der Waals surface area contributed by atoms with Crippen LogP contribution in [0.5, 0.6) is 0 Å². The fourth-order valence-corrected chi connectivity index (χ4v) is 3.21. The molecule has 2 heteroatoms. The highest BCUT2D eigenvalue weighted by Gasteiger charge is 2.30. The number of aromatic nitrogens is 1.